The molecule has 0 spiro atoms. The zero-order valence-corrected chi connectivity index (χ0v) is 11.4. The van der Waals surface area contributed by atoms with Crippen LogP contribution in [0.2, 0.25) is 5.02 Å². The molecular weight excluding hydrogens is 323 g/mol. The van der Waals surface area contributed by atoms with Gasteiger partial charge in [-0.2, -0.15) is 0 Å². The van der Waals surface area contributed by atoms with Crippen molar-refractivity contribution in [1.29, 1.82) is 0 Å². The fraction of sp³-hybridized carbons (Fsp3) is 0.0909. The molecule has 94 valence electrons. The molecular formula is C11H8BrClN2O3. The van der Waals surface area contributed by atoms with Crippen molar-refractivity contribution in [2.24, 2.45) is 0 Å². The fourth-order valence-corrected chi connectivity index (χ4v) is 1.95. The number of rotatable bonds is 4. The summed E-state index contributed by atoms with van der Waals surface area (Å²) < 4.78 is 6.01. The van der Waals surface area contributed by atoms with E-state index in [1.807, 2.05) is 0 Å². The van der Waals surface area contributed by atoms with Gasteiger partial charge >= 0.3 is 0 Å². The largest absolute Gasteiger partial charge is 0.466 e. The molecule has 0 fully saturated rings. The Hall–Kier alpha value is -1.53. The molecule has 0 bridgehead atoms. The maximum atomic E-state index is 10.9. The Bertz CT molecular complexity index is 585. The Morgan fingerprint density at radius 3 is 2.83 bits per heavy atom. The fourth-order valence-electron chi connectivity index (χ4n) is 1.44. The molecule has 0 amide bonds. The van der Waals surface area contributed by atoms with Crippen molar-refractivity contribution in [3.8, 4) is 0 Å². The first kappa shape index (κ1) is 12.9. The van der Waals surface area contributed by atoms with Crippen molar-refractivity contribution in [3.63, 3.8) is 0 Å². The molecule has 0 radical (unpaired) electrons. The van der Waals surface area contributed by atoms with E-state index in [4.69, 9.17) is 16.0 Å². The van der Waals surface area contributed by atoms with Gasteiger partial charge in [0.25, 0.3) is 5.69 Å². The second-order valence-electron chi connectivity index (χ2n) is 3.46. The average Bonchev–Trinajstić information content (AvgIpc) is 2.72. The number of nitrogens with zero attached hydrogens (tertiary/aromatic N) is 1. The minimum atomic E-state index is -0.462. The van der Waals surface area contributed by atoms with Crippen molar-refractivity contribution in [3.05, 3.63) is 55.9 Å². The van der Waals surface area contributed by atoms with Crippen molar-refractivity contribution < 1.29 is 9.34 Å². The van der Waals surface area contributed by atoms with Crippen LogP contribution in [0.1, 0.15) is 5.76 Å². The van der Waals surface area contributed by atoms with Crippen LogP contribution < -0.4 is 5.32 Å². The predicted octanol–water partition coefficient (Wildman–Crippen LogP) is 4.22. The van der Waals surface area contributed by atoms with Gasteiger partial charge in [0.05, 0.1) is 22.2 Å². The zero-order chi connectivity index (χ0) is 13.1. The number of hydrogen-bond donors (Lipinski definition) is 1. The van der Waals surface area contributed by atoms with Gasteiger partial charge in [-0.1, -0.05) is 11.6 Å². The maximum Gasteiger partial charge on any atom is 0.292 e. The molecule has 2 aromatic rings. The van der Waals surface area contributed by atoms with Crippen LogP contribution in [0.3, 0.4) is 0 Å². The molecule has 0 unspecified atom stereocenters. The van der Waals surface area contributed by atoms with E-state index in [2.05, 4.69) is 21.2 Å². The topological polar surface area (TPSA) is 68.3 Å². The third-order valence-electron chi connectivity index (χ3n) is 2.29. The van der Waals surface area contributed by atoms with Crippen molar-refractivity contribution in [1.82, 2.24) is 0 Å². The molecule has 1 heterocycles. The summed E-state index contributed by atoms with van der Waals surface area (Å²) in [6.07, 6.45) is 1.54. The van der Waals surface area contributed by atoms with E-state index in [9.17, 15) is 10.1 Å². The lowest BCUT2D eigenvalue weighted by atomic mass is 10.2. The van der Waals surface area contributed by atoms with Gasteiger partial charge in [0, 0.05) is 11.1 Å². The second-order valence-corrected chi connectivity index (χ2v) is 4.75. The molecule has 1 aromatic heterocycles. The van der Waals surface area contributed by atoms with Crippen LogP contribution in [0.25, 0.3) is 0 Å². The van der Waals surface area contributed by atoms with Gasteiger partial charge in [0.15, 0.2) is 0 Å². The van der Waals surface area contributed by atoms with E-state index in [0.29, 0.717) is 23.0 Å². The third kappa shape index (κ3) is 2.83. The molecule has 0 aliphatic rings. The number of hydrogen-bond acceptors (Lipinski definition) is 4. The summed E-state index contributed by atoms with van der Waals surface area (Å²) in [6.45, 7) is 0.328. The summed E-state index contributed by atoms with van der Waals surface area (Å²) in [5.74, 6) is 0.657. The first-order valence-electron chi connectivity index (χ1n) is 4.97. The van der Waals surface area contributed by atoms with Crippen LogP contribution >= 0.6 is 27.5 Å². The molecule has 0 saturated heterocycles. The summed E-state index contributed by atoms with van der Waals surface area (Å²) in [5.41, 5.74) is 0.331. The monoisotopic (exact) mass is 330 g/mol. The average molecular weight is 332 g/mol. The molecule has 1 aromatic carbocycles. The molecule has 0 aliphatic heterocycles. The molecule has 5 nitrogen and oxygen atoms in total. The molecule has 0 aliphatic carbocycles. The van der Waals surface area contributed by atoms with E-state index >= 15 is 0 Å². The molecule has 7 heteroatoms. The standard InChI is InChI=1S/C11H8BrClN2O3/c12-8-3-4-18-11(8)6-14-9-5-7(13)1-2-10(9)15(16)17/h1-5,14H,6H2. The number of nitro groups is 1. The first-order chi connectivity index (χ1) is 8.58. The van der Waals surface area contributed by atoms with Gasteiger partial charge in [-0.05, 0) is 34.1 Å². The highest BCUT2D eigenvalue weighted by Crippen LogP contribution is 2.28. The summed E-state index contributed by atoms with van der Waals surface area (Å²) in [4.78, 5) is 10.4. The van der Waals surface area contributed by atoms with Gasteiger partial charge in [0.1, 0.15) is 11.4 Å². The first-order valence-corrected chi connectivity index (χ1v) is 6.14. The SMILES string of the molecule is O=[N+]([O-])c1ccc(Cl)cc1NCc1occc1Br. The van der Waals surface area contributed by atoms with Gasteiger partial charge in [-0.25, -0.2) is 0 Å². The Kier molecular flexibility index (Phi) is 3.88. The Labute approximate surface area is 116 Å². The quantitative estimate of drug-likeness (QED) is 0.673. The van der Waals surface area contributed by atoms with Crippen LogP contribution in [0.5, 0.6) is 0 Å². The van der Waals surface area contributed by atoms with Gasteiger partial charge in [-0.15, -0.1) is 0 Å². The summed E-state index contributed by atoms with van der Waals surface area (Å²) in [7, 11) is 0. The van der Waals surface area contributed by atoms with E-state index < -0.39 is 4.92 Å². The number of nitro benzene ring substituents is 1. The Morgan fingerprint density at radius 2 is 2.22 bits per heavy atom. The lowest BCUT2D eigenvalue weighted by Crippen LogP contribution is -2.02. The molecule has 1 N–H and O–H groups in total. The van der Waals surface area contributed by atoms with Crippen LogP contribution in [-0.2, 0) is 6.54 Å². The lowest BCUT2D eigenvalue weighted by Gasteiger charge is -2.06. The van der Waals surface area contributed by atoms with Gasteiger partial charge in [-0.3, -0.25) is 10.1 Å². The minimum Gasteiger partial charge on any atom is -0.466 e. The van der Waals surface area contributed by atoms with Crippen LogP contribution in [0, 0.1) is 10.1 Å². The highest BCUT2D eigenvalue weighted by atomic mass is 79.9. The van der Waals surface area contributed by atoms with E-state index in [1.165, 1.54) is 24.5 Å². The number of anilines is 1. The van der Waals surface area contributed by atoms with E-state index in [1.54, 1.807) is 6.07 Å². The Morgan fingerprint density at radius 1 is 1.44 bits per heavy atom. The normalized spacial score (nSPS) is 10.3. The molecule has 18 heavy (non-hydrogen) atoms. The van der Waals surface area contributed by atoms with Crippen LogP contribution in [-0.4, -0.2) is 4.92 Å². The molecule has 2 rings (SSSR count). The van der Waals surface area contributed by atoms with E-state index in [0.717, 1.165) is 4.47 Å². The van der Waals surface area contributed by atoms with Crippen LogP contribution in [0.4, 0.5) is 11.4 Å². The van der Waals surface area contributed by atoms with Gasteiger partial charge in [0.2, 0.25) is 0 Å². The Balaban J connectivity index is 2.20. The molecule has 0 saturated carbocycles. The third-order valence-corrected chi connectivity index (χ3v) is 3.23. The second kappa shape index (κ2) is 5.41. The maximum absolute atomic E-state index is 10.9. The van der Waals surface area contributed by atoms with Gasteiger partial charge < -0.3 is 9.73 Å². The smallest absolute Gasteiger partial charge is 0.292 e. The van der Waals surface area contributed by atoms with Crippen molar-refractivity contribution in [2.75, 3.05) is 5.32 Å². The molecule has 0 atom stereocenters. The minimum absolute atomic E-state index is 0.0259. The number of nitrogens with one attached hydrogen (secondary N) is 1. The summed E-state index contributed by atoms with van der Waals surface area (Å²) in [6, 6.07) is 6.11. The summed E-state index contributed by atoms with van der Waals surface area (Å²) in [5, 5.41) is 14.2. The highest BCUT2D eigenvalue weighted by molar-refractivity contribution is 9.10. The highest BCUT2D eigenvalue weighted by Gasteiger charge is 2.14. The number of benzene rings is 1. The predicted molar refractivity (Wildman–Crippen MR) is 71.8 cm³/mol. The number of furan rings is 1. The van der Waals surface area contributed by atoms with E-state index in [-0.39, 0.29) is 5.69 Å². The zero-order valence-electron chi connectivity index (χ0n) is 9.02. The summed E-state index contributed by atoms with van der Waals surface area (Å²) >= 11 is 9.13. The van der Waals surface area contributed by atoms with Crippen LogP contribution in [0.15, 0.2) is 39.4 Å². The van der Waals surface area contributed by atoms with Crippen molar-refractivity contribution >= 4 is 38.9 Å². The van der Waals surface area contributed by atoms with Crippen molar-refractivity contribution in [2.45, 2.75) is 6.54 Å². The number of halogens is 2. The lowest BCUT2D eigenvalue weighted by molar-refractivity contribution is -0.384.